The minimum Gasteiger partial charge on any atom is -0.379 e. The van der Waals surface area contributed by atoms with E-state index in [2.05, 4.69) is 69.9 Å². The molecule has 3 aromatic rings. The number of imidazole rings is 1. The van der Waals surface area contributed by atoms with Crippen LogP contribution in [0, 0.1) is 6.92 Å². The second-order valence-corrected chi connectivity index (χ2v) is 7.80. The van der Waals surface area contributed by atoms with Crippen molar-refractivity contribution >= 4 is 11.2 Å². The number of hydrogen-bond acceptors (Lipinski definition) is 4. The Bertz CT molecular complexity index is 1070. The standard InChI is InChI=1S/C24H26N4O/c1-18-7-9-21(25-15-18)24-22(17-27-11-13-29-14-12-27)28-16-20(8-10-23(28)26-24)19-5-3-2-4-6-19/h3,5-10,15-16H,2,4,11-14,17H2,1H3. The van der Waals surface area contributed by atoms with Crippen molar-refractivity contribution in [1.29, 1.82) is 0 Å². The molecule has 0 saturated carbocycles. The van der Waals surface area contributed by atoms with Gasteiger partial charge in [-0.05, 0) is 54.7 Å². The molecule has 0 radical (unpaired) electrons. The van der Waals surface area contributed by atoms with Crippen LogP contribution in [0.4, 0.5) is 0 Å². The number of morpholine rings is 1. The smallest absolute Gasteiger partial charge is 0.137 e. The summed E-state index contributed by atoms with van der Waals surface area (Å²) in [6, 6.07) is 8.48. The SMILES string of the molecule is Cc1ccc(-c2nc3ccc(C4=CCCC=C4)cn3c2CN2CCOCC2)nc1. The summed E-state index contributed by atoms with van der Waals surface area (Å²) in [7, 11) is 0. The minimum atomic E-state index is 0.789. The van der Waals surface area contributed by atoms with Crippen molar-refractivity contribution in [1.82, 2.24) is 19.3 Å². The van der Waals surface area contributed by atoms with E-state index in [4.69, 9.17) is 9.72 Å². The molecule has 2 aliphatic rings. The fraction of sp³-hybridized carbons (Fsp3) is 0.333. The summed E-state index contributed by atoms with van der Waals surface area (Å²) in [5.41, 5.74) is 7.75. The molecule has 0 spiro atoms. The van der Waals surface area contributed by atoms with Gasteiger partial charge in [0.2, 0.25) is 0 Å². The quantitative estimate of drug-likeness (QED) is 0.672. The molecule has 0 N–H and O–H groups in total. The minimum absolute atomic E-state index is 0.789. The molecular formula is C24H26N4O. The topological polar surface area (TPSA) is 42.7 Å². The van der Waals surface area contributed by atoms with Gasteiger partial charge in [-0.2, -0.15) is 0 Å². The largest absolute Gasteiger partial charge is 0.379 e. The van der Waals surface area contributed by atoms with E-state index in [0.29, 0.717) is 0 Å². The van der Waals surface area contributed by atoms with Crippen LogP contribution in [-0.4, -0.2) is 45.6 Å². The van der Waals surface area contributed by atoms with Crippen molar-refractivity contribution in [2.75, 3.05) is 26.3 Å². The summed E-state index contributed by atoms with van der Waals surface area (Å²) in [5.74, 6) is 0. The Balaban J connectivity index is 1.62. The van der Waals surface area contributed by atoms with E-state index in [0.717, 1.165) is 68.3 Å². The second-order valence-electron chi connectivity index (χ2n) is 7.80. The Labute approximate surface area is 171 Å². The van der Waals surface area contributed by atoms with Crippen molar-refractivity contribution in [3.8, 4) is 11.4 Å². The number of rotatable bonds is 4. The summed E-state index contributed by atoms with van der Waals surface area (Å²) in [4.78, 5) is 12.1. The third-order valence-corrected chi connectivity index (χ3v) is 5.68. The van der Waals surface area contributed by atoms with Gasteiger partial charge in [0.25, 0.3) is 0 Å². The van der Waals surface area contributed by atoms with E-state index in [1.165, 1.54) is 16.8 Å². The van der Waals surface area contributed by atoms with Crippen LogP contribution in [0.2, 0.25) is 0 Å². The first-order valence-electron chi connectivity index (χ1n) is 10.4. The van der Waals surface area contributed by atoms with Gasteiger partial charge in [0.1, 0.15) is 11.3 Å². The van der Waals surface area contributed by atoms with Crippen LogP contribution in [0.1, 0.15) is 29.7 Å². The van der Waals surface area contributed by atoms with E-state index in [1.54, 1.807) is 0 Å². The highest BCUT2D eigenvalue weighted by Gasteiger charge is 2.20. The normalized spacial score (nSPS) is 17.6. The maximum absolute atomic E-state index is 5.54. The van der Waals surface area contributed by atoms with Crippen LogP contribution in [0.25, 0.3) is 22.6 Å². The summed E-state index contributed by atoms with van der Waals surface area (Å²) in [6.45, 7) is 6.37. The summed E-state index contributed by atoms with van der Waals surface area (Å²) < 4.78 is 7.80. The zero-order valence-electron chi connectivity index (χ0n) is 16.8. The molecule has 5 nitrogen and oxygen atoms in total. The molecule has 0 bridgehead atoms. The Morgan fingerprint density at radius 2 is 1.97 bits per heavy atom. The Morgan fingerprint density at radius 1 is 1.07 bits per heavy atom. The fourth-order valence-corrected chi connectivity index (χ4v) is 4.03. The van der Waals surface area contributed by atoms with Gasteiger partial charge in [-0.15, -0.1) is 0 Å². The van der Waals surface area contributed by atoms with Crippen molar-refractivity contribution in [3.05, 3.63) is 71.7 Å². The van der Waals surface area contributed by atoms with E-state index in [1.807, 2.05) is 6.20 Å². The summed E-state index contributed by atoms with van der Waals surface area (Å²) >= 11 is 0. The molecule has 0 amide bonds. The highest BCUT2D eigenvalue weighted by Crippen LogP contribution is 2.28. The molecule has 5 rings (SSSR count). The van der Waals surface area contributed by atoms with E-state index in [9.17, 15) is 0 Å². The van der Waals surface area contributed by atoms with Crippen LogP contribution in [0.5, 0.6) is 0 Å². The molecule has 0 aromatic carbocycles. The van der Waals surface area contributed by atoms with Crippen LogP contribution in [0.15, 0.2) is 54.9 Å². The molecule has 1 aliphatic heterocycles. The molecule has 1 saturated heterocycles. The third-order valence-electron chi connectivity index (χ3n) is 5.68. The molecular weight excluding hydrogens is 360 g/mol. The maximum atomic E-state index is 5.54. The molecule has 4 heterocycles. The Morgan fingerprint density at radius 3 is 2.72 bits per heavy atom. The van der Waals surface area contributed by atoms with Gasteiger partial charge in [0.05, 0.1) is 24.6 Å². The van der Waals surface area contributed by atoms with Crippen LogP contribution in [0.3, 0.4) is 0 Å². The fourth-order valence-electron chi connectivity index (χ4n) is 4.03. The Hall–Kier alpha value is -2.76. The number of hydrogen-bond donors (Lipinski definition) is 0. The lowest BCUT2D eigenvalue weighted by Gasteiger charge is -2.26. The van der Waals surface area contributed by atoms with E-state index >= 15 is 0 Å². The molecule has 0 unspecified atom stereocenters. The first-order chi connectivity index (χ1) is 14.3. The lowest BCUT2D eigenvalue weighted by Crippen LogP contribution is -2.36. The number of ether oxygens (including phenoxy) is 1. The van der Waals surface area contributed by atoms with Gasteiger partial charge in [0.15, 0.2) is 0 Å². The molecule has 1 fully saturated rings. The second kappa shape index (κ2) is 7.93. The lowest BCUT2D eigenvalue weighted by atomic mass is 10.0. The highest BCUT2D eigenvalue weighted by molar-refractivity contribution is 5.75. The first kappa shape index (κ1) is 18.3. The number of nitrogens with zero attached hydrogens (tertiary/aromatic N) is 4. The molecule has 3 aromatic heterocycles. The zero-order valence-corrected chi connectivity index (χ0v) is 16.8. The summed E-state index contributed by atoms with van der Waals surface area (Å²) in [5, 5.41) is 0. The van der Waals surface area contributed by atoms with Gasteiger partial charge < -0.3 is 9.14 Å². The van der Waals surface area contributed by atoms with Crippen molar-refractivity contribution in [3.63, 3.8) is 0 Å². The van der Waals surface area contributed by atoms with Crippen molar-refractivity contribution < 1.29 is 4.74 Å². The van der Waals surface area contributed by atoms with Crippen LogP contribution < -0.4 is 0 Å². The van der Waals surface area contributed by atoms with Crippen molar-refractivity contribution in [2.24, 2.45) is 0 Å². The van der Waals surface area contributed by atoms with Crippen LogP contribution >= 0.6 is 0 Å². The first-order valence-corrected chi connectivity index (χ1v) is 10.4. The van der Waals surface area contributed by atoms with Gasteiger partial charge in [-0.3, -0.25) is 9.88 Å². The van der Waals surface area contributed by atoms with Crippen LogP contribution in [-0.2, 0) is 11.3 Å². The molecule has 5 heteroatoms. The molecule has 0 atom stereocenters. The zero-order chi connectivity index (χ0) is 19.6. The van der Waals surface area contributed by atoms with Gasteiger partial charge in [-0.1, -0.05) is 24.3 Å². The van der Waals surface area contributed by atoms with E-state index in [-0.39, 0.29) is 0 Å². The number of pyridine rings is 2. The number of aromatic nitrogens is 3. The van der Waals surface area contributed by atoms with Gasteiger partial charge in [-0.25, -0.2) is 4.98 Å². The molecule has 148 valence electrons. The third kappa shape index (κ3) is 3.76. The average Bonchev–Trinajstić information content (AvgIpc) is 3.13. The monoisotopic (exact) mass is 386 g/mol. The van der Waals surface area contributed by atoms with Gasteiger partial charge >= 0.3 is 0 Å². The van der Waals surface area contributed by atoms with Crippen molar-refractivity contribution in [2.45, 2.75) is 26.3 Å². The number of fused-ring (bicyclic) bond motifs is 1. The molecule has 29 heavy (non-hydrogen) atoms. The number of aryl methyl sites for hydroxylation is 1. The van der Waals surface area contributed by atoms with E-state index < -0.39 is 0 Å². The maximum Gasteiger partial charge on any atom is 0.137 e. The number of allylic oxidation sites excluding steroid dienone is 4. The average molecular weight is 386 g/mol. The highest BCUT2D eigenvalue weighted by atomic mass is 16.5. The predicted molar refractivity (Wildman–Crippen MR) is 116 cm³/mol. The summed E-state index contributed by atoms with van der Waals surface area (Å²) in [6.07, 6.45) is 13.2. The predicted octanol–water partition coefficient (Wildman–Crippen LogP) is 4.27. The lowest BCUT2D eigenvalue weighted by molar-refractivity contribution is 0.0336. The Kier molecular flexibility index (Phi) is 5.00. The van der Waals surface area contributed by atoms with Gasteiger partial charge in [0, 0.05) is 32.0 Å². The molecule has 1 aliphatic carbocycles.